The highest BCUT2D eigenvalue weighted by Gasteiger charge is 2.42. The van der Waals surface area contributed by atoms with Crippen molar-refractivity contribution in [1.82, 2.24) is 0 Å². The predicted octanol–water partition coefficient (Wildman–Crippen LogP) is 7.40. The SMILES string of the molecule is CC1=CC(S(C)(C2=CC(C)CC(C)C2)C2CCC(F)CC2)CC(C)C1. The summed E-state index contributed by atoms with van der Waals surface area (Å²) in [6.45, 7) is 9.61. The summed E-state index contributed by atoms with van der Waals surface area (Å²) in [6.07, 6.45) is 16.5. The molecular formula is C23H39FS. The van der Waals surface area contributed by atoms with E-state index in [9.17, 15) is 4.39 Å². The van der Waals surface area contributed by atoms with Gasteiger partial charge < -0.3 is 0 Å². The van der Waals surface area contributed by atoms with Crippen LogP contribution in [0.3, 0.4) is 0 Å². The van der Waals surface area contributed by atoms with Gasteiger partial charge in [0, 0.05) is 5.25 Å². The van der Waals surface area contributed by atoms with Crippen LogP contribution in [0.1, 0.15) is 79.1 Å². The van der Waals surface area contributed by atoms with E-state index in [1.165, 1.54) is 25.7 Å². The summed E-state index contributed by atoms with van der Waals surface area (Å²) in [4.78, 5) is 1.80. The first-order chi connectivity index (χ1) is 11.8. The highest BCUT2D eigenvalue weighted by molar-refractivity contribution is 8.37. The molecule has 0 saturated heterocycles. The highest BCUT2D eigenvalue weighted by Crippen LogP contribution is 2.68. The Kier molecular flexibility index (Phi) is 6.08. The largest absolute Gasteiger partial charge is 0.247 e. The van der Waals surface area contributed by atoms with Crippen LogP contribution in [0, 0.1) is 17.8 Å². The van der Waals surface area contributed by atoms with Crippen LogP contribution < -0.4 is 0 Å². The predicted molar refractivity (Wildman–Crippen MR) is 112 cm³/mol. The molecular weight excluding hydrogens is 327 g/mol. The van der Waals surface area contributed by atoms with Crippen molar-refractivity contribution in [3.8, 4) is 0 Å². The molecule has 144 valence electrons. The third-order valence-corrected chi connectivity index (χ3v) is 11.9. The lowest BCUT2D eigenvalue weighted by Crippen LogP contribution is -2.35. The van der Waals surface area contributed by atoms with Crippen molar-refractivity contribution >= 4 is 10.0 Å². The van der Waals surface area contributed by atoms with Crippen LogP contribution in [0.4, 0.5) is 4.39 Å². The van der Waals surface area contributed by atoms with Gasteiger partial charge in [0.15, 0.2) is 0 Å². The molecule has 1 saturated carbocycles. The summed E-state index contributed by atoms with van der Waals surface area (Å²) >= 11 is 0. The number of hydrogen-bond donors (Lipinski definition) is 0. The molecule has 25 heavy (non-hydrogen) atoms. The average molecular weight is 367 g/mol. The van der Waals surface area contributed by atoms with Crippen LogP contribution in [0.15, 0.2) is 22.6 Å². The standard InChI is InChI=1S/C23H39FS/c1-16-10-17(2)13-22(12-16)25(5,21-8-6-20(24)7-9-21)23-14-18(3)11-19(4)15-23/h12,14,16-17,19-21,23H,6-11,13,15H2,1-5H3. The zero-order chi connectivity index (χ0) is 18.2. The second-order valence-corrected chi connectivity index (χ2v) is 13.6. The number of alkyl halides is 1. The van der Waals surface area contributed by atoms with E-state index in [0.717, 1.165) is 48.0 Å². The van der Waals surface area contributed by atoms with Crippen LogP contribution in [0.25, 0.3) is 0 Å². The Morgan fingerprint density at radius 2 is 1.56 bits per heavy atom. The van der Waals surface area contributed by atoms with E-state index in [4.69, 9.17) is 0 Å². The minimum Gasteiger partial charge on any atom is -0.247 e. The Hall–Kier alpha value is -0.240. The van der Waals surface area contributed by atoms with Gasteiger partial charge in [-0.15, -0.1) is 0 Å². The van der Waals surface area contributed by atoms with Crippen molar-refractivity contribution in [1.29, 1.82) is 0 Å². The zero-order valence-electron chi connectivity index (χ0n) is 17.1. The fourth-order valence-corrected chi connectivity index (χ4v) is 10.8. The molecule has 0 aromatic carbocycles. The molecule has 3 aliphatic rings. The third-order valence-electron chi connectivity index (χ3n) is 7.06. The topological polar surface area (TPSA) is 0 Å². The van der Waals surface area contributed by atoms with E-state index in [0.29, 0.717) is 5.92 Å². The summed E-state index contributed by atoms with van der Waals surface area (Å²) in [5.41, 5.74) is 1.60. The molecule has 3 rings (SSSR count). The molecule has 3 aliphatic carbocycles. The molecule has 0 radical (unpaired) electrons. The van der Waals surface area contributed by atoms with Crippen LogP contribution in [0.2, 0.25) is 0 Å². The minimum atomic E-state index is -0.881. The van der Waals surface area contributed by atoms with Crippen LogP contribution >= 0.6 is 10.0 Å². The fraction of sp³-hybridized carbons (Fsp3) is 0.826. The summed E-state index contributed by atoms with van der Waals surface area (Å²) in [5.74, 6) is 2.33. The first-order valence-corrected chi connectivity index (χ1v) is 12.7. The molecule has 0 aromatic rings. The lowest BCUT2D eigenvalue weighted by Gasteiger charge is -2.55. The van der Waals surface area contributed by atoms with E-state index >= 15 is 0 Å². The maximum atomic E-state index is 13.9. The summed E-state index contributed by atoms with van der Waals surface area (Å²) in [7, 11) is -0.881. The summed E-state index contributed by atoms with van der Waals surface area (Å²) in [6, 6.07) is 0. The molecule has 2 heteroatoms. The Labute approximate surface area is 157 Å². The van der Waals surface area contributed by atoms with Gasteiger partial charge in [-0.3, -0.25) is 0 Å². The second kappa shape index (κ2) is 7.79. The van der Waals surface area contributed by atoms with E-state index in [-0.39, 0.29) is 0 Å². The summed E-state index contributed by atoms with van der Waals surface area (Å²) < 4.78 is 13.9. The van der Waals surface area contributed by atoms with E-state index in [1.54, 1.807) is 10.5 Å². The van der Waals surface area contributed by atoms with Crippen molar-refractivity contribution in [3.63, 3.8) is 0 Å². The number of allylic oxidation sites excluding steroid dienone is 3. The monoisotopic (exact) mass is 366 g/mol. The molecule has 0 N–H and O–H groups in total. The summed E-state index contributed by atoms with van der Waals surface area (Å²) in [5, 5.41) is 1.46. The maximum absolute atomic E-state index is 13.9. The van der Waals surface area contributed by atoms with Gasteiger partial charge in [-0.1, -0.05) is 38.5 Å². The normalized spacial score (nSPS) is 43.6. The average Bonchev–Trinajstić information content (AvgIpc) is 2.53. The minimum absolute atomic E-state index is 0.541. The van der Waals surface area contributed by atoms with Gasteiger partial charge in [0.25, 0.3) is 0 Å². The quantitative estimate of drug-likeness (QED) is 0.457. The van der Waals surface area contributed by atoms with Crippen LogP contribution in [-0.4, -0.2) is 22.9 Å². The van der Waals surface area contributed by atoms with Gasteiger partial charge in [0.2, 0.25) is 0 Å². The Bertz CT molecular complexity index is 528. The first-order valence-electron chi connectivity index (χ1n) is 10.6. The number of hydrogen-bond acceptors (Lipinski definition) is 0. The van der Waals surface area contributed by atoms with Crippen LogP contribution in [-0.2, 0) is 0 Å². The molecule has 5 atom stereocenters. The van der Waals surface area contributed by atoms with Gasteiger partial charge in [0.1, 0.15) is 6.17 Å². The van der Waals surface area contributed by atoms with Crippen molar-refractivity contribution < 1.29 is 4.39 Å². The lowest BCUT2D eigenvalue weighted by atomic mass is 9.89. The molecule has 0 aliphatic heterocycles. The maximum Gasteiger partial charge on any atom is 0.100 e. The van der Waals surface area contributed by atoms with Gasteiger partial charge in [-0.05, 0) is 92.5 Å². The smallest absolute Gasteiger partial charge is 0.100 e. The van der Waals surface area contributed by atoms with Crippen LogP contribution in [0.5, 0.6) is 0 Å². The fourth-order valence-electron chi connectivity index (χ4n) is 5.83. The highest BCUT2D eigenvalue weighted by atomic mass is 32.3. The van der Waals surface area contributed by atoms with Gasteiger partial charge >= 0.3 is 0 Å². The van der Waals surface area contributed by atoms with E-state index in [1.807, 2.05) is 0 Å². The second-order valence-electron chi connectivity index (χ2n) is 9.67. The van der Waals surface area contributed by atoms with E-state index in [2.05, 4.69) is 46.1 Å². The molecule has 0 bridgehead atoms. The lowest BCUT2D eigenvalue weighted by molar-refractivity contribution is 0.254. The van der Waals surface area contributed by atoms with E-state index < -0.39 is 16.2 Å². The zero-order valence-corrected chi connectivity index (χ0v) is 17.9. The third kappa shape index (κ3) is 4.20. The Morgan fingerprint density at radius 3 is 2.16 bits per heavy atom. The molecule has 0 spiro atoms. The Balaban J connectivity index is 1.97. The Morgan fingerprint density at radius 1 is 0.920 bits per heavy atom. The van der Waals surface area contributed by atoms with Gasteiger partial charge in [0.05, 0.1) is 0 Å². The molecule has 0 aromatic heterocycles. The number of rotatable bonds is 3. The van der Waals surface area contributed by atoms with Gasteiger partial charge in [-0.2, -0.15) is 0 Å². The molecule has 0 amide bonds. The molecule has 1 fully saturated rings. The molecule has 5 unspecified atom stereocenters. The molecule has 0 heterocycles. The molecule has 0 nitrogen and oxygen atoms in total. The number of halogens is 1. The van der Waals surface area contributed by atoms with Gasteiger partial charge in [-0.25, -0.2) is 14.4 Å². The van der Waals surface area contributed by atoms with Crippen molar-refractivity contribution in [2.75, 3.05) is 6.26 Å². The first kappa shape index (κ1) is 19.5. The van der Waals surface area contributed by atoms with Crippen molar-refractivity contribution in [2.45, 2.75) is 95.7 Å². The van der Waals surface area contributed by atoms with Crippen molar-refractivity contribution in [2.24, 2.45) is 17.8 Å². The van der Waals surface area contributed by atoms with Crippen molar-refractivity contribution in [3.05, 3.63) is 22.6 Å².